The minimum absolute atomic E-state index is 0.0167. The maximum absolute atomic E-state index is 13.3. The van der Waals surface area contributed by atoms with Gasteiger partial charge in [0.05, 0.1) is 12.7 Å². The molecular weight excluding hydrogens is 388 g/mol. The number of aryl methyl sites for hydroxylation is 1. The number of ether oxygens (including phenoxy) is 1. The first-order valence-corrected chi connectivity index (χ1v) is 10.6. The number of fused-ring (bicyclic) bond motifs is 1. The van der Waals surface area contributed by atoms with Crippen LogP contribution in [0.4, 0.5) is 11.4 Å². The molecule has 5 nitrogen and oxygen atoms in total. The molecule has 158 valence electrons. The lowest BCUT2D eigenvalue weighted by molar-refractivity contribution is 0.0984. The zero-order valence-corrected chi connectivity index (χ0v) is 17.6. The van der Waals surface area contributed by atoms with Gasteiger partial charge < -0.3 is 15.0 Å². The standard InChI is InChI=1S/C26H26N2O3/c1-31-24-13-7-5-11-22(24)25(29)27-21-16-14-20(15-17-21)26(30)28-18-8-2-3-9-19-10-4-6-12-23(19)28/h4-7,10-17H,2-3,8-9,18H2,1H3,(H,27,29). The van der Waals surface area contributed by atoms with Crippen LogP contribution in [0.1, 0.15) is 45.5 Å². The van der Waals surface area contributed by atoms with Crippen molar-refractivity contribution < 1.29 is 14.3 Å². The first-order chi connectivity index (χ1) is 15.2. The topological polar surface area (TPSA) is 58.6 Å². The fourth-order valence-corrected chi connectivity index (χ4v) is 3.96. The summed E-state index contributed by atoms with van der Waals surface area (Å²) >= 11 is 0. The lowest BCUT2D eigenvalue weighted by atomic mass is 10.0. The molecule has 0 saturated carbocycles. The predicted octanol–water partition coefficient (Wildman–Crippen LogP) is 5.32. The molecule has 0 aromatic heterocycles. The molecule has 0 spiro atoms. The Balaban J connectivity index is 1.52. The van der Waals surface area contributed by atoms with Gasteiger partial charge in [0.2, 0.25) is 0 Å². The van der Waals surface area contributed by atoms with Gasteiger partial charge in [0.25, 0.3) is 11.8 Å². The Morgan fingerprint density at radius 2 is 1.61 bits per heavy atom. The molecular formula is C26H26N2O3. The van der Waals surface area contributed by atoms with Gasteiger partial charge in [-0.15, -0.1) is 0 Å². The van der Waals surface area contributed by atoms with Crippen molar-refractivity contribution in [2.75, 3.05) is 23.9 Å². The van der Waals surface area contributed by atoms with Crippen molar-refractivity contribution in [3.63, 3.8) is 0 Å². The summed E-state index contributed by atoms with van der Waals surface area (Å²) in [5.41, 5.74) is 3.91. The van der Waals surface area contributed by atoms with E-state index in [2.05, 4.69) is 11.4 Å². The normalized spacial score (nSPS) is 13.5. The zero-order valence-electron chi connectivity index (χ0n) is 17.6. The molecule has 4 rings (SSSR count). The molecule has 1 N–H and O–H groups in total. The van der Waals surface area contributed by atoms with Crippen LogP contribution in [0, 0.1) is 0 Å². The third-order valence-electron chi connectivity index (χ3n) is 5.60. The van der Waals surface area contributed by atoms with Crippen molar-refractivity contribution in [3.8, 4) is 5.75 Å². The summed E-state index contributed by atoms with van der Waals surface area (Å²) in [6, 6.07) is 22.3. The average Bonchev–Trinajstić information content (AvgIpc) is 2.80. The lowest BCUT2D eigenvalue weighted by Gasteiger charge is -2.27. The van der Waals surface area contributed by atoms with Gasteiger partial charge in [0.15, 0.2) is 0 Å². The van der Waals surface area contributed by atoms with Crippen molar-refractivity contribution in [2.45, 2.75) is 25.7 Å². The summed E-state index contributed by atoms with van der Waals surface area (Å²) in [7, 11) is 1.54. The molecule has 0 radical (unpaired) electrons. The van der Waals surface area contributed by atoms with E-state index < -0.39 is 0 Å². The molecule has 0 aliphatic carbocycles. The summed E-state index contributed by atoms with van der Waals surface area (Å²) in [4.78, 5) is 27.8. The highest BCUT2D eigenvalue weighted by Gasteiger charge is 2.21. The van der Waals surface area contributed by atoms with E-state index in [0.29, 0.717) is 29.1 Å². The Morgan fingerprint density at radius 3 is 2.42 bits per heavy atom. The summed E-state index contributed by atoms with van der Waals surface area (Å²) in [6.45, 7) is 0.710. The van der Waals surface area contributed by atoms with E-state index in [0.717, 1.165) is 31.4 Å². The van der Waals surface area contributed by atoms with Gasteiger partial charge in [0.1, 0.15) is 5.75 Å². The number of carbonyl (C=O) groups is 2. The van der Waals surface area contributed by atoms with Crippen LogP contribution in [0.2, 0.25) is 0 Å². The Hall–Kier alpha value is -3.60. The summed E-state index contributed by atoms with van der Waals surface area (Å²) in [6.07, 6.45) is 4.26. The number of nitrogens with zero attached hydrogens (tertiary/aromatic N) is 1. The van der Waals surface area contributed by atoms with Gasteiger partial charge in [-0.1, -0.05) is 36.8 Å². The molecule has 1 aliphatic rings. The maximum atomic E-state index is 13.3. The predicted molar refractivity (Wildman–Crippen MR) is 123 cm³/mol. The van der Waals surface area contributed by atoms with Crippen LogP contribution in [0.15, 0.2) is 72.8 Å². The van der Waals surface area contributed by atoms with Gasteiger partial charge in [0, 0.05) is 23.5 Å². The smallest absolute Gasteiger partial charge is 0.259 e. The Labute approximate surface area is 182 Å². The van der Waals surface area contributed by atoms with E-state index in [9.17, 15) is 9.59 Å². The summed E-state index contributed by atoms with van der Waals surface area (Å²) in [5, 5.41) is 2.87. The average molecular weight is 415 g/mol. The Kier molecular flexibility index (Phi) is 6.32. The number of amides is 2. The van der Waals surface area contributed by atoms with Gasteiger partial charge in [-0.3, -0.25) is 9.59 Å². The molecule has 0 unspecified atom stereocenters. The number of methoxy groups -OCH3 is 1. The number of hydrogen-bond acceptors (Lipinski definition) is 3. The van der Waals surface area contributed by atoms with Crippen LogP contribution in [0.5, 0.6) is 5.75 Å². The van der Waals surface area contributed by atoms with E-state index in [1.807, 2.05) is 29.2 Å². The minimum atomic E-state index is -0.255. The minimum Gasteiger partial charge on any atom is -0.496 e. The zero-order chi connectivity index (χ0) is 21.6. The van der Waals surface area contributed by atoms with Crippen LogP contribution in [0.25, 0.3) is 0 Å². The first-order valence-electron chi connectivity index (χ1n) is 10.6. The van der Waals surface area contributed by atoms with Crippen molar-refractivity contribution in [2.24, 2.45) is 0 Å². The van der Waals surface area contributed by atoms with Crippen LogP contribution >= 0.6 is 0 Å². The summed E-state index contributed by atoms with van der Waals surface area (Å²) in [5.74, 6) is 0.244. The van der Waals surface area contributed by atoms with Crippen LogP contribution < -0.4 is 15.0 Å². The Bertz CT molecular complexity index is 1080. The molecule has 31 heavy (non-hydrogen) atoms. The van der Waals surface area contributed by atoms with E-state index in [4.69, 9.17) is 4.74 Å². The van der Waals surface area contributed by atoms with Crippen molar-refractivity contribution >= 4 is 23.2 Å². The van der Waals surface area contributed by atoms with Crippen LogP contribution in [-0.4, -0.2) is 25.5 Å². The monoisotopic (exact) mass is 414 g/mol. The number of carbonyl (C=O) groups excluding carboxylic acids is 2. The molecule has 3 aromatic carbocycles. The van der Waals surface area contributed by atoms with E-state index in [1.165, 1.54) is 12.7 Å². The molecule has 1 heterocycles. The van der Waals surface area contributed by atoms with Gasteiger partial charge >= 0.3 is 0 Å². The number of anilines is 2. The maximum Gasteiger partial charge on any atom is 0.259 e. The first kappa shape index (κ1) is 20.7. The largest absolute Gasteiger partial charge is 0.496 e. The molecule has 2 amide bonds. The van der Waals surface area contributed by atoms with Crippen molar-refractivity contribution in [3.05, 3.63) is 89.5 Å². The second-order valence-corrected chi connectivity index (χ2v) is 7.63. The fraction of sp³-hybridized carbons (Fsp3) is 0.231. The molecule has 3 aromatic rings. The second-order valence-electron chi connectivity index (χ2n) is 7.63. The van der Waals surface area contributed by atoms with E-state index in [1.54, 1.807) is 42.5 Å². The van der Waals surface area contributed by atoms with Crippen LogP contribution in [0.3, 0.4) is 0 Å². The van der Waals surface area contributed by atoms with Crippen molar-refractivity contribution in [1.82, 2.24) is 0 Å². The number of rotatable bonds is 4. The number of hydrogen-bond donors (Lipinski definition) is 1. The van der Waals surface area contributed by atoms with E-state index in [-0.39, 0.29) is 11.8 Å². The molecule has 0 saturated heterocycles. The van der Waals surface area contributed by atoms with Gasteiger partial charge in [-0.25, -0.2) is 0 Å². The molecule has 0 bridgehead atoms. The third kappa shape index (κ3) is 4.61. The van der Waals surface area contributed by atoms with Gasteiger partial charge in [-0.05, 0) is 67.3 Å². The SMILES string of the molecule is COc1ccccc1C(=O)Nc1ccc(C(=O)N2CCCCCc3ccccc32)cc1. The number of benzene rings is 3. The molecule has 5 heteroatoms. The number of nitrogens with one attached hydrogen (secondary N) is 1. The fourth-order valence-electron chi connectivity index (χ4n) is 3.96. The van der Waals surface area contributed by atoms with Gasteiger partial charge in [-0.2, -0.15) is 0 Å². The number of para-hydroxylation sites is 2. The van der Waals surface area contributed by atoms with E-state index >= 15 is 0 Å². The Morgan fingerprint density at radius 1 is 0.871 bits per heavy atom. The molecule has 1 aliphatic heterocycles. The van der Waals surface area contributed by atoms with Crippen LogP contribution in [-0.2, 0) is 6.42 Å². The highest BCUT2D eigenvalue weighted by molar-refractivity contribution is 6.08. The quantitative estimate of drug-likeness (QED) is 0.628. The highest BCUT2D eigenvalue weighted by atomic mass is 16.5. The summed E-state index contributed by atoms with van der Waals surface area (Å²) < 4.78 is 5.26. The highest BCUT2D eigenvalue weighted by Crippen LogP contribution is 2.27. The third-order valence-corrected chi connectivity index (χ3v) is 5.60. The molecule has 0 fully saturated rings. The second kappa shape index (κ2) is 9.47. The molecule has 0 atom stereocenters. The van der Waals surface area contributed by atoms with Crippen molar-refractivity contribution in [1.29, 1.82) is 0 Å². The lowest BCUT2D eigenvalue weighted by Crippen LogP contribution is -2.33.